The highest BCUT2D eigenvalue weighted by atomic mass is 19.1. The first-order chi connectivity index (χ1) is 8.11. The second kappa shape index (κ2) is 4.41. The van der Waals surface area contributed by atoms with Crippen molar-refractivity contribution in [1.82, 2.24) is 0 Å². The Hall–Kier alpha value is -2.10. The summed E-state index contributed by atoms with van der Waals surface area (Å²) >= 11 is 0. The second-order valence-corrected chi connectivity index (χ2v) is 3.51. The van der Waals surface area contributed by atoms with E-state index in [2.05, 4.69) is 0 Å². The molecule has 0 heterocycles. The zero-order valence-corrected chi connectivity index (χ0v) is 9.08. The van der Waals surface area contributed by atoms with Gasteiger partial charge in [0.15, 0.2) is 0 Å². The van der Waals surface area contributed by atoms with Gasteiger partial charge >= 0.3 is 0 Å². The normalized spacial score (nSPS) is 10.3. The molecule has 88 valence electrons. The number of hydrogen-bond acceptors (Lipinski definition) is 2. The highest BCUT2D eigenvalue weighted by Gasteiger charge is 2.11. The van der Waals surface area contributed by atoms with E-state index in [1.165, 1.54) is 37.4 Å². The van der Waals surface area contributed by atoms with Crippen LogP contribution in [0.2, 0.25) is 0 Å². The molecule has 0 saturated heterocycles. The molecule has 2 rings (SSSR count). The lowest BCUT2D eigenvalue weighted by molar-refractivity contribution is 0.414. The van der Waals surface area contributed by atoms with Crippen molar-refractivity contribution in [2.75, 3.05) is 7.11 Å². The van der Waals surface area contributed by atoms with Gasteiger partial charge in [-0.25, -0.2) is 8.78 Å². The van der Waals surface area contributed by atoms with Gasteiger partial charge in [-0.15, -0.1) is 0 Å². The van der Waals surface area contributed by atoms with E-state index in [4.69, 9.17) is 9.84 Å². The molecule has 0 aromatic heterocycles. The number of phenols is 1. The summed E-state index contributed by atoms with van der Waals surface area (Å²) < 4.78 is 32.1. The number of aromatic hydroxyl groups is 1. The molecule has 0 unspecified atom stereocenters. The Kier molecular flexibility index (Phi) is 2.95. The molecule has 4 heteroatoms. The number of rotatable bonds is 2. The molecule has 17 heavy (non-hydrogen) atoms. The minimum Gasteiger partial charge on any atom is -0.508 e. The Morgan fingerprint density at radius 3 is 2.35 bits per heavy atom. The number of hydrogen-bond donors (Lipinski definition) is 1. The maximum absolute atomic E-state index is 13.6. The third-order valence-electron chi connectivity index (χ3n) is 2.42. The fourth-order valence-corrected chi connectivity index (χ4v) is 1.56. The average Bonchev–Trinajstić information content (AvgIpc) is 2.30. The van der Waals surface area contributed by atoms with Crippen LogP contribution in [-0.4, -0.2) is 12.2 Å². The minimum atomic E-state index is -0.683. The van der Waals surface area contributed by atoms with Crippen LogP contribution < -0.4 is 4.74 Å². The van der Waals surface area contributed by atoms with Crippen LogP contribution in [0.1, 0.15) is 0 Å². The second-order valence-electron chi connectivity index (χ2n) is 3.51. The highest BCUT2D eigenvalue weighted by molar-refractivity contribution is 5.67. The third kappa shape index (κ3) is 2.20. The highest BCUT2D eigenvalue weighted by Crippen LogP contribution is 2.30. The Balaban J connectivity index is 2.59. The molecule has 0 spiro atoms. The number of ether oxygens (including phenoxy) is 1. The Morgan fingerprint density at radius 2 is 1.71 bits per heavy atom. The third-order valence-corrected chi connectivity index (χ3v) is 2.42. The lowest BCUT2D eigenvalue weighted by Gasteiger charge is -2.07. The van der Waals surface area contributed by atoms with Crippen molar-refractivity contribution in [2.45, 2.75) is 0 Å². The molecule has 0 amide bonds. The van der Waals surface area contributed by atoms with E-state index in [0.29, 0.717) is 5.75 Å². The molecular formula is C13H10F2O2. The Bertz CT molecular complexity index is 553. The van der Waals surface area contributed by atoms with Gasteiger partial charge in [-0.3, -0.25) is 0 Å². The largest absolute Gasteiger partial charge is 0.508 e. The van der Waals surface area contributed by atoms with Crippen molar-refractivity contribution in [3.8, 4) is 22.6 Å². The minimum absolute atomic E-state index is 0.0826. The van der Waals surface area contributed by atoms with Gasteiger partial charge in [0.2, 0.25) is 0 Å². The molecule has 0 aliphatic heterocycles. The molecule has 2 aromatic carbocycles. The fourth-order valence-electron chi connectivity index (χ4n) is 1.56. The predicted molar refractivity (Wildman–Crippen MR) is 60.0 cm³/mol. The van der Waals surface area contributed by atoms with Gasteiger partial charge in [-0.05, 0) is 30.3 Å². The lowest BCUT2D eigenvalue weighted by atomic mass is 10.0. The quantitative estimate of drug-likeness (QED) is 0.866. The van der Waals surface area contributed by atoms with Gasteiger partial charge < -0.3 is 9.84 Å². The summed E-state index contributed by atoms with van der Waals surface area (Å²) in [5.74, 6) is -0.990. The van der Waals surface area contributed by atoms with Gasteiger partial charge in [0.05, 0.1) is 7.11 Å². The van der Waals surface area contributed by atoms with Crippen molar-refractivity contribution >= 4 is 0 Å². The van der Waals surface area contributed by atoms with Gasteiger partial charge in [0.25, 0.3) is 0 Å². The molecule has 0 saturated carbocycles. The van der Waals surface area contributed by atoms with E-state index < -0.39 is 11.6 Å². The number of phenolic OH excluding ortho intramolecular Hbond substituents is 1. The average molecular weight is 236 g/mol. The monoisotopic (exact) mass is 236 g/mol. The van der Waals surface area contributed by atoms with Crippen LogP contribution in [0.15, 0.2) is 36.4 Å². The molecule has 2 nitrogen and oxygen atoms in total. The zero-order chi connectivity index (χ0) is 12.4. The molecule has 2 aromatic rings. The van der Waals surface area contributed by atoms with Crippen molar-refractivity contribution in [2.24, 2.45) is 0 Å². The standard InChI is InChI=1S/C13H10F2O2/c1-17-9-3-5-12(14)11(7-9)10-4-2-8(16)6-13(10)15/h2-7,16H,1H3. The molecule has 0 fully saturated rings. The zero-order valence-electron chi connectivity index (χ0n) is 9.08. The summed E-state index contributed by atoms with van der Waals surface area (Å²) in [5.41, 5.74) is 0.182. The van der Waals surface area contributed by atoms with E-state index in [-0.39, 0.29) is 16.9 Å². The first kappa shape index (κ1) is 11.4. The summed E-state index contributed by atoms with van der Waals surface area (Å²) in [6, 6.07) is 7.64. The molecular weight excluding hydrogens is 226 g/mol. The fraction of sp³-hybridized carbons (Fsp3) is 0.0769. The maximum Gasteiger partial charge on any atom is 0.134 e. The van der Waals surface area contributed by atoms with E-state index in [0.717, 1.165) is 6.07 Å². The van der Waals surface area contributed by atoms with Crippen molar-refractivity contribution in [1.29, 1.82) is 0 Å². The summed E-state index contributed by atoms with van der Waals surface area (Å²) in [4.78, 5) is 0. The Morgan fingerprint density at radius 1 is 0.941 bits per heavy atom. The summed E-state index contributed by atoms with van der Waals surface area (Å²) in [6.07, 6.45) is 0. The van der Waals surface area contributed by atoms with Gasteiger partial charge in [-0.2, -0.15) is 0 Å². The van der Waals surface area contributed by atoms with Crippen LogP contribution in [0.3, 0.4) is 0 Å². The van der Waals surface area contributed by atoms with Crippen LogP contribution in [0.5, 0.6) is 11.5 Å². The van der Waals surface area contributed by atoms with Gasteiger partial charge in [0, 0.05) is 17.2 Å². The first-order valence-corrected chi connectivity index (χ1v) is 4.94. The molecule has 0 radical (unpaired) electrons. The van der Waals surface area contributed by atoms with Crippen molar-refractivity contribution in [3.05, 3.63) is 48.0 Å². The molecule has 1 N–H and O–H groups in total. The Labute approximate surface area is 97.1 Å². The lowest BCUT2D eigenvalue weighted by Crippen LogP contribution is -1.90. The molecule has 0 aliphatic carbocycles. The van der Waals surface area contributed by atoms with Crippen molar-refractivity contribution in [3.63, 3.8) is 0 Å². The number of methoxy groups -OCH3 is 1. The van der Waals surface area contributed by atoms with Crippen LogP contribution >= 0.6 is 0 Å². The number of benzene rings is 2. The summed E-state index contributed by atoms with van der Waals surface area (Å²) in [7, 11) is 1.45. The van der Waals surface area contributed by atoms with Crippen LogP contribution in [0.25, 0.3) is 11.1 Å². The van der Waals surface area contributed by atoms with Crippen molar-refractivity contribution < 1.29 is 18.6 Å². The summed E-state index contributed by atoms with van der Waals surface area (Å²) in [5, 5.41) is 9.10. The van der Waals surface area contributed by atoms with E-state index in [9.17, 15) is 8.78 Å². The SMILES string of the molecule is COc1ccc(F)c(-c2ccc(O)cc2F)c1. The van der Waals surface area contributed by atoms with E-state index >= 15 is 0 Å². The van der Waals surface area contributed by atoms with Gasteiger partial charge in [0.1, 0.15) is 23.1 Å². The topological polar surface area (TPSA) is 29.5 Å². The van der Waals surface area contributed by atoms with Gasteiger partial charge in [-0.1, -0.05) is 0 Å². The molecule has 0 atom stereocenters. The number of halogens is 2. The maximum atomic E-state index is 13.6. The van der Waals surface area contributed by atoms with Crippen LogP contribution in [0, 0.1) is 11.6 Å². The summed E-state index contributed by atoms with van der Waals surface area (Å²) in [6.45, 7) is 0. The van der Waals surface area contributed by atoms with Crippen LogP contribution in [-0.2, 0) is 0 Å². The molecule has 0 bridgehead atoms. The van der Waals surface area contributed by atoms with E-state index in [1.807, 2.05) is 0 Å². The first-order valence-electron chi connectivity index (χ1n) is 4.94. The van der Waals surface area contributed by atoms with E-state index in [1.54, 1.807) is 0 Å². The van der Waals surface area contributed by atoms with Crippen LogP contribution in [0.4, 0.5) is 8.78 Å². The smallest absolute Gasteiger partial charge is 0.134 e. The predicted octanol–water partition coefficient (Wildman–Crippen LogP) is 3.35. The molecule has 0 aliphatic rings.